The van der Waals surface area contributed by atoms with E-state index in [1.165, 1.54) is 207 Å². The lowest BCUT2D eigenvalue weighted by atomic mass is 9.99. The topological polar surface area (TPSA) is 19.4 Å². The fourth-order valence-electron chi connectivity index (χ4n) is 32.8. The molecular formula is C120H224N6P8. The van der Waals surface area contributed by atoms with Crippen molar-refractivity contribution in [2.75, 3.05) is 116 Å². The lowest BCUT2D eigenvalue weighted by Crippen LogP contribution is -2.38. The Bertz CT molecular complexity index is 2240. The van der Waals surface area contributed by atoms with Crippen LogP contribution in [0.5, 0.6) is 0 Å². The normalized spacial score (nSPS) is 25.7. The highest BCUT2D eigenvalue weighted by molar-refractivity contribution is 7.62. The van der Waals surface area contributed by atoms with Crippen LogP contribution in [0.3, 0.4) is 0 Å². The van der Waals surface area contributed by atoms with E-state index in [4.69, 9.17) is 0 Å². The fraction of sp³-hybridized carbons (Fsp3) is 1.00. The van der Waals surface area contributed by atoms with Crippen LogP contribution in [0.1, 0.15) is 552 Å². The summed E-state index contributed by atoms with van der Waals surface area (Å²) < 4.78 is 0. The van der Waals surface area contributed by atoms with E-state index in [0.717, 1.165) is 90.5 Å². The van der Waals surface area contributed by atoms with Crippen molar-refractivity contribution in [2.45, 2.75) is 643 Å². The van der Waals surface area contributed by atoms with Crippen LogP contribution < -0.4 is 0 Å². The number of hydrogen-bond donors (Lipinski definition) is 0. The highest BCUT2D eigenvalue weighted by Crippen LogP contribution is 2.66. The monoisotopic (exact) mass is 2000 g/mol. The van der Waals surface area contributed by atoms with Crippen LogP contribution in [0.2, 0.25) is 0 Å². The lowest BCUT2D eigenvalue weighted by Gasteiger charge is -2.45. The predicted octanol–water partition coefficient (Wildman–Crippen LogP) is 38.0. The minimum Gasteiger partial charge on any atom is -0.303 e. The average Bonchev–Trinajstić information content (AvgIpc) is 0.829. The van der Waals surface area contributed by atoms with Gasteiger partial charge in [-0.25, -0.2) is 0 Å². The molecule has 774 valence electrons. The van der Waals surface area contributed by atoms with Crippen LogP contribution >= 0.6 is 63.4 Å². The molecule has 134 heavy (non-hydrogen) atoms. The summed E-state index contributed by atoms with van der Waals surface area (Å²) in [6, 6.07) is 0. The first-order valence-corrected chi connectivity index (χ1v) is 76.2. The second-order valence-corrected chi connectivity index (χ2v) is 72.5. The van der Waals surface area contributed by atoms with Gasteiger partial charge in [-0.3, -0.25) is 19.6 Å². The van der Waals surface area contributed by atoms with Crippen LogP contribution in [0.4, 0.5) is 0 Å². The van der Waals surface area contributed by atoms with Crippen molar-refractivity contribution < 1.29 is 0 Å². The van der Waals surface area contributed by atoms with Crippen LogP contribution in [-0.4, -0.2) is 236 Å². The summed E-state index contributed by atoms with van der Waals surface area (Å²) in [5.74, 6) is 0. The molecule has 0 aliphatic heterocycles. The fourth-order valence-corrected chi connectivity index (χ4v) is 64.0. The Balaban J connectivity index is 0.695. The molecule has 0 bridgehead atoms. The Morgan fingerprint density at radius 2 is 0.179 bits per heavy atom. The molecule has 0 N–H and O–H groups in total. The molecule has 14 heteroatoms. The van der Waals surface area contributed by atoms with E-state index in [1.807, 2.05) is 0 Å². The predicted molar refractivity (Wildman–Crippen MR) is 612 cm³/mol. The maximum absolute atomic E-state index is 3.43. The number of rotatable bonds is 53. The number of hydrogen-bond acceptors (Lipinski definition) is 6. The van der Waals surface area contributed by atoms with Crippen molar-refractivity contribution >= 4 is 63.4 Å². The maximum Gasteiger partial charge on any atom is 0.0192 e. The van der Waals surface area contributed by atoms with Crippen LogP contribution in [-0.2, 0) is 0 Å². The summed E-state index contributed by atoms with van der Waals surface area (Å²) in [6.07, 6.45) is 146. The Labute approximate surface area is 845 Å². The molecule has 0 atom stereocenters. The summed E-state index contributed by atoms with van der Waals surface area (Å²) in [7, 11) is 0.407. The molecule has 6 nitrogen and oxygen atoms in total. The molecule has 16 aliphatic rings. The SMILES string of the molecule is C1CCC(P(CN(CCCN(CCCCN(CCCN(CP(C2CCCCC2)C2CCCCC2)CP(C2CCCCC2)C2CCCCC2)CCCN(CP(C2CCCCC2)C2CCCCC2)CP(C2CCCCC2)C2CCCCC2)CCCN(CP(C2CCCCC2)C2CCCCC2)CP(C2CCCCC2)C2CCCCC2)CP(C2CCCCC2)C2CCCCC2)C2CCCCC2)CC1. The number of unbranched alkanes of at least 4 members (excludes halogenated alkanes) is 1. The summed E-state index contributed by atoms with van der Waals surface area (Å²) in [5, 5.41) is 0. The van der Waals surface area contributed by atoms with E-state index < -0.39 is 0 Å². The standard InChI is InChI=1S/C120H224N6P8/c1-17-55-105(56-18-1)127(106-57-19-2-20-58-106)97-123(98-128(107-59-21-3-22-60-107)108-61-23-4-24-62-108)93-51-89-121(90-52-94-124(99-129(109-63-25-5-26-64-109)110-65-27-6-28-66-110)100-130(111-67-29-7-30-68-111)112-69-31-8-32-70-112)87-49-50-88-122(91-53-95-125(101-131(113-71-33-9-34-72-113)114-73-35-10-36-74-114)102-132(115-75-37-11-38-76-115)116-77-39-12-40-78-116)92-54-96-126(103-133(117-79-41-13-42-80-117)118-81-43-14-44-82-118)104-134(119-83-45-15-46-84-119)120-85-47-16-48-86-120/h105-120H,1-104H2. The third-order valence-corrected chi connectivity index (χ3v) is 69.7. The van der Waals surface area contributed by atoms with Crippen molar-refractivity contribution in [1.29, 1.82) is 0 Å². The van der Waals surface area contributed by atoms with Crippen molar-refractivity contribution in [3.63, 3.8) is 0 Å². The first kappa shape index (κ1) is 110. The molecule has 0 heterocycles. The van der Waals surface area contributed by atoms with Crippen LogP contribution in [0.15, 0.2) is 0 Å². The molecule has 16 fully saturated rings. The van der Waals surface area contributed by atoms with Gasteiger partial charge in [0, 0.05) is 76.5 Å². The minimum atomic E-state index is 0.0508. The molecule has 0 aromatic heterocycles. The third kappa shape index (κ3) is 36.5. The van der Waals surface area contributed by atoms with E-state index in [1.54, 1.807) is 461 Å². The summed E-state index contributed by atoms with van der Waals surface area (Å²) in [5.41, 5.74) is 17.1. The van der Waals surface area contributed by atoms with E-state index in [-0.39, 0.29) is 63.4 Å². The zero-order valence-electron chi connectivity index (χ0n) is 89.0. The molecule has 0 aromatic rings. The maximum atomic E-state index is 3.43. The van der Waals surface area contributed by atoms with Crippen LogP contribution in [0.25, 0.3) is 0 Å². The van der Waals surface area contributed by atoms with Crippen molar-refractivity contribution in [3.8, 4) is 0 Å². The Morgan fingerprint density at radius 1 is 0.0970 bits per heavy atom. The largest absolute Gasteiger partial charge is 0.303 e. The molecule has 16 saturated carbocycles. The molecule has 0 unspecified atom stereocenters. The number of nitrogens with zero attached hydrogens (tertiary/aromatic N) is 6. The Morgan fingerprint density at radius 3 is 0.276 bits per heavy atom. The molecule has 0 amide bonds. The quantitative estimate of drug-likeness (QED) is 0.0443. The molecule has 16 aliphatic carbocycles. The van der Waals surface area contributed by atoms with Gasteiger partial charge in [0.25, 0.3) is 0 Å². The summed E-state index contributed by atoms with van der Waals surface area (Å²) in [4.78, 5) is 20.3. The zero-order chi connectivity index (χ0) is 90.9. The van der Waals surface area contributed by atoms with Crippen molar-refractivity contribution in [1.82, 2.24) is 29.4 Å². The molecule has 0 aromatic carbocycles. The smallest absolute Gasteiger partial charge is 0.0192 e. The molecule has 16 rings (SSSR count). The average molecular weight is 2000 g/mol. The van der Waals surface area contributed by atoms with E-state index in [2.05, 4.69) is 29.4 Å². The van der Waals surface area contributed by atoms with Gasteiger partial charge >= 0.3 is 0 Å². The van der Waals surface area contributed by atoms with E-state index in [9.17, 15) is 0 Å². The first-order chi connectivity index (χ1) is 66.5. The van der Waals surface area contributed by atoms with Gasteiger partial charge < -0.3 is 9.80 Å². The highest BCUT2D eigenvalue weighted by Gasteiger charge is 2.44. The summed E-state index contributed by atoms with van der Waals surface area (Å²) in [6.45, 7) is 14.0. The van der Waals surface area contributed by atoms with Gasteiger partial charge in [-0.05, 0) is 374 Å². The minimum absolute atomic E-state index is 0.0508. The summed E-state index contributed by atoms with van der Waals surface area (Å²) >= 11 is 0. The van der Waals surface area contributed by atoms with E-state index in [0.29, 0.717) is 0 Å². The molecule has 0 radical (unpaired) electrons. The van der Waals surface area contributed by atoms with Gasteiger partial charge in [0.1, 0.15) is 0 Å². The lowest BCUT2D eigenvalue weighted by molar-refractivity contribution is 0.210. The van der Waals surface area contributed by atoms with E-state index >= 15 is 0 Å². The molecule has 0 spiro atoms. The highest BCUT2D eigenvalue weighted by atomic mass is 31.1. The van der Waals surface area contributed by atoms with Gasteiger partial charge in [0.2, 0.25) is 0 Å². The molecule has 0 saturated heterocycles. The Hall–Kier alpha value is 3.20. The van der Waals surface area contributed by atoms with Crippen molar-refractivity contribution in [2.24, 2.45) is 0 Å². The van der Waals surface area contributed by atoms with Crippen molar-refractivity contribution in [3.05, 3.63) is 0 Å². The van der Waals surface area contributed by atoms with Gasteiger partial charge in [-0.2, -0.15) is 0 Å². The van der Waals surface area contributed by atoms with Gasteiger partial charge in [0.05, 0.1) is 0 Å². The molecular weight excluding hydrogens is 1770 g/mol. The third-order valence-electron chi connectivity index (χ3n) is 40.6. The van der Waals surface area contributed by atoms with Gasteiger partial charge in [-0.15, -0.1) is 0 Å². The van der Waals surface area contributed by atoms with Crippen LogP contribution in [0, 0.1) is 0 Å². The van der Waals surface area contributed by atoms with Gasteiger partial charge in [-0.1, -0.05) is 372 Å². The first-order valence-electron chi connectivity index (χ1n) is 62.9. The second-order valence-electron chi connectivity index (χ2n) is 50.3. The van der Waals surface area contributed by atoms with Gasteiger partial charge in [0.15, 0.2) is 0 Å². The second kappa shape index (κ2) is 64.0. The Kier molecular flexibility index (Phi) is 52.5. The zero-order valence-corrected chi connectivity index (χ0v) is 96.2.